The van der Waals surface area contributed by atoms with Crippen LogP contribution in [0.25, 0.3) is 0 Å². The Morgan fingerprint density at radius 2 is 1.18 bits per heavy atom. The third-order valence-corrected chi connectivity index (χ3v) is 3.66. The minimum absolute atomic E-state index is 0.158. The first kappa shape index (κ1) is 13.7. The lowest BCUT2D eigenvalue weighted by atomic mass is 9.81. The first-order valence-electron chi connectivity index (χ1n) is 6.18. The van der Waals surface area contributed by atoms with E-state index in [9.17, 15) is 35.1 Å². The van der Waals surface area contributed by atoms with Gasteiger partial charge in [-0.15, -0.1) is 0 Å². The fourth-order valence-electron chi connectivity index (χ4n) is 2.52. The normalized spacial score (nSPS) is 13.0. The first-order chi connectivity index (χ1) is 10.3. The Balaban J connectivity index is 2.43. The van der Waals surface area contributed by atoms with E-state index in [1.807, 2.05) is 0 Å². The van der Waals surface area contributed by atoms with Gasteiger partial charge in [0.1, 0.15) is 0 Å². The summed E-state index contributed by atoms with van der Waals surface area (Å²) < 4.78 is 0. The lowest BCUT2D eigenvalue weighted by Gasteiger charge is -2.21. The number of ketones is 2. The Kier molecular flexibility index (Phi) is 2.59. The molecule has 0 radical (unpaired) electrons. The molecular formula is C15H10O7. The van der Waals surface area contributed by atoms with Crippen LogP contribution in [0.2, 0.25) is 0 Å². The van der Waals surface area contributed by atoms with Gasteiger partial charge in [-0.25, -0.2) is 0 Å². The van der Waals surface area contributed by atoms with Crippen LogP contribution in [0.5, 0.6) is 28.7 Å². The summed E-state index contributed by atoms with van der Waals surface area (Å²) in [7, 11) is 0. The maximum absolute atomic E-state index is 12.4. The van der Waals surface area contributed by atoms with Crippen molar-refractivity contribution < 1.29 is 35.1 Å². The van der Waals surface area contributed by atoms with E-state index < -0.39 is 51.4 Å². The van der Waals surface area contributed by atoms with Crippen molar-refractivity contribution in [1.29, 1.82) is 0 Å². The zero-order valence-electron chi connectivity index (χ0n) is 11.2. The van der Waals surface area contributed by atoms with Gasteiger partial charge >= 0.3 is 0 Å². The SMILES string of the molecule is Cc1cc2c(c(O)c1O)C(=O)c1c(cc(O)c(O)c1O)C2=O. The Bertz CT molecular complexity index is 811. The van der Waals surface area contributed by atoms with Gasteiger partial charge in [-0.05, 0) is 24.6 Å². The lowest BCUT2D eigenvalue weighted by Crippen LogP contribution is -2.21. The van der Waals surface area contributed by atoms with Crippen molar-refractivity contribution in [2.45, 2.75) is 6.92 Å². The maximum atomic E-state index is 12.4. The zero-order chi connectivity index (χ0) is 16.3. The summed E-state index contributed by atoms with van der Waals surface area (Å²) in [5.41, 5.74) is -1.26. The van der Waals surface area contributed by atoms with Gasteiger partial charge in [-0.3, -0.25) is 9.59 Å². The molecular weight excluding hydrogens is 292 g/mol. The van der Waals surface area contributed by atoms with Gasteiger partial charge in [-0.2, -0.15) is 0 Å². The van der Waals surface area contributed by atoms with E-state index in [1.165, 1.54) is 13.0 Å². The topological polar surface area (TPSA) is 135 Å². The number of fused-ring (bicyclic) bond motifs is 2. The smallest absolute Gasteiger partial charge is 0.202 e. The van der Waals surface area contributed by atoms with Gasteiger partial charge in [0, 0.05) is 11.1 Å². The van der Waals surface area contributed by atoms with Crippen molar-refractivity contribution in [3.8, 4) is 28.7 Å². The lowest BCUT2D eigenvalue weighted by molar-refractivity contribution is 0.0972. The minimum Gasteiger partial charge on any atom is -0.504 e. The van der Waals surface area contributed by atoms with Crippen LogP contribution >= 0.6 is 0 Å². The summed E-state index contributed by atoms with van der Waals surface area (Å²) in [6.07, 6.45) is 0. The Hall–Kier alpha value is -3.22. The molecule has 1 aliphatic carbocycles. The van der Waals surface area contributed by atoms with E-state index in [0.717, 1.165) is 6.07 Å². The molecule has 0 saturated carbocycles. The first-order valence-corrected chi connectivity index (χ1v) is 6.18. The molecule has 0 bridgehead atoms. The van der Waals surface area contributed by atoms with Crippen molar-refractivity contribution in [3.05, 3.63) is 39.9 Å². The van der Waals surface area contributed by atoms with Gasteiger partial charge in [-0.1, -0.05) is 0 Å². The molecule has 3 rings (SSSR count). The van der Waals surface area contributed by atoms with E-state index in [2.05, 4.69) is 0 Å². The molecule has 22 heavy (non-hydrogen) atoms. The fourth-order valence-corrected chi connectivity index (χ4v) is 2.52. The molecule has 0 spiro atoms. The van der Waals surface area contributed by atoms with Crippen LogP contribution < -0.4 is 0 Å². The molecule has 2 aromatic carbocycles. The third-order valence-electron chi connectivity index (χ3n) is 3.66. The molecule has 0 aromatic heterocycles. The fraction of sp³-hybridized carbons (Fsp3) is 0.0667. The van der Waals surface area contributed by atoms with Crippen LogP contribution in [0.1, 0.15) is 37.4 Å². The number of benzene rings is 2. The summed E-state index contributed by atoms with van der Waals surface area (Å²) >= 11 is 0. The number of aromatic hydroxyl groups is 5. The quantitative estimate of drug-likeness (QED) is 0.395. The molecule has 1 aliphatic rings. The van der Waals surface area contributed by atoms with Gasteiger partial charge in [0.05, 0.1) is 11.1 Å². The van der Waals surface area contributed by atoms with E-state index >= 15 is 0 Å². The highest BCUT2D eigenvalue weighted by molar-refractivity contribution is 6.31. The molecule has 7 nitrogen and oxygen atoms in total. The predicted octanol–water partition coefficient (Wildman–Crippen LogP) is 1.30. The van der Waals surface area contributed by atoms with Crippen molar-refractivity contribution in [3.63, 3.8) is 0 Å². The van der Waals surface area contributed by atoms with E-state index in [0.29, 0.717) is 0 Å². The number of rotatable bonds is 0. The largest absolute Gasteiger partial charge is 0.504 e. The molecule has 2 aromatic rings. The van der Waals surface area contributed by atoms with Crippen molar-refractivity contribution in [2.75, 3.05) is 0 Å². The average Bonchev–Trinajstić information content (AvgIpc) is 2.47. The monoisotopic (exact) mass is 302 g/mol. The van der Waals surface area contributed by atoms with Crippen molar-refractivity contribution >= 4 is 11.6 Å². The Morgan fingerprint density at radius 1 is 0.682 bits per heavy atom. The predicted molar refractivity (Wildman–Crippen MR) is 72.8 cm³/mol. The minimum atomic E-state index is -0.960. The highest BCUT2D eigenvalue weighted by Gasteiger charge is 2.37. The molecule has 7 heteroatoms. The van der Waals surface area contributed by atoms with Crippen LogP contribution in [0, 0.1) is 6.92 Å². The molecule has 0 fully saturated rings. The summed E-state index contributed by atoms with van der Waals surface area (Å²) in [5, 5.41) is 48.5. The second-order valence-corrected chi connectivity index (χ2v) is 4.99. The Labute approximate surface area is 123 Å². The molecule has 0 amide bonds. The highest BCUT2D eigenvalue weighted by Crippen LogP contribution is 2.46. The number of aryl methyl sites for hydroxylation is 1. The molecule has 5 N–H and O–H groups in total. The van der Waals surface area contributed by atoms with Crippen LogP contribution in [0.4, 0.5) is 0 Å². The van der Waals surface area contributed by atoms with Gasteiger partial charge in [0.15, 0.2) is 28.8 Å². The number of hydrogen-bond donors (Lipinski definition) is 5. The van der Waals surface area contributed by atoms with E-state index in [4.69, 9.17) is 0 Å². The molecule has 0 aliphatic heterocycles. The third kappa shape index (κ3) is 1.50. The standard InChI is InChI=1S/C15H10O7/c1-4-2-5-8(14(21)10(4)17)13(20)9-6(11(5)18)3-7(16)12(19)15(9)22/h2-3,16-17,19,21-22H,1H3. The van der Waals surface area contributed by atoms with Gasteiger partial charge in [0.25, 0.3) is 0 Å². The number of phenols is 5. The Morgan fingerprint density at radius 3 is 1.77 bits per heavy atom. The number of carbonyl (C=O) groups is 2. The zero-order valence-corrected chi connectivity index (χ0v) is 11.2. The van der Waals surface area contributed by atoms with Gasteiger partial charge < -0.3 is 25.5 Å². The van der Waals surface area contributed by atoms with E-state index in [1.54, 1.807) is 0 Å². The van der Waals surface area contributed by atoms with Crippen molar-refractivity contribution in [2.24, 2.45) is 0 Å². The van der Waals surface area contributed by atoms with Crippen LogP contribution in [-0.4, -0.2) is 37.1 Å². The molecule has 112 valence electrons. The molecule has 0 unspecified atom stereocenters. The average molecular weight is 302 g/mol. The summed E-state index contributed by atoms with van der Waals surface area (Å²) in [6.45, 7) is 1.44. The molecule has 0 heterocycles. The number of hydrogen-bond acceptors (Lipinski definition) is 7. The van der Waals surface area contributed by atoms with Crippen molar-refractivity contribution in [1.82, 2.24) is 0 Å². The van der Waals surface area contributed by atoms with E-state index in [-0.39, 0.29) is 16.7 Å². The molecule has 0 atom stereocenters. The summed E-state index contributed by atoms with van der Waals surface area (Å²) in [4.78, 5) is 24.9. The second kappa shape index (κ2) is 4.14. The van der Waals surface area contributed by atoms with Crippen LogP contribution in [-0.2, 0) is 0 Å². The second-order valence-electron chi connectivity index (χ2n) is 4.99. The van der Waals surface area contributed by atoms with Gasteiger partial charge in [0.2, 0.25) is 11.5 Å². The highest BCUT2D eigenvalue weighted by atomic mass is 16.3. The summed E-state index contributed by atoms with van der Waals surface area (Å²) in [5.74, 6) is -5.64. The van der Waals surface area contributed by atoms with Crippen LogP contribution in [0.15, 0.2) is 12.1 Å². The maximum Gasteiger partial charge on any atom is 0.202 e. The number of phenolic OH excluding ortho intramolecular Hbond substituents is 5. The molecule has 0 saturated heterocycles. The van der Waals surface area contributed by atoms with Crippen LogP contribution in [0.3, 0.4) is 0 Å². The number of carbonyl (C=O) groups excluding carboxylic acids is 2. The summed E-state index contributed by atoms with van der Waals surface area (Å²) in [6, 6.07) is 2.10.